The summed E-state index contributed by atoms with van der Waals surface area (Å²) in [5, 5.41) is 20.5. The van der Waals surface area contributed by atoms with Gasteiger partial charge in [-0.2, -0.15) is 0 Å². The van der Waals surface area contributed by atoms with Crippen molar-refractivity contribution in [3.8, 4) is 0 Å². The number of carbonyl (C=O) groups is 1. The third kappa shape index (κ3) is 4.02. The van der Waals surface area contributed by atoms with Crippen LogP contribution in [0.5, 0.6) is 0 Å². The Labute approximate surface area is 124 Å². The van der Waals surface area contributed by atoms with Gasteiger partial charge in [0.1, 0.15) is 11.5 Å². The third-order valence-corrected chi connectivity index (χ3v) is 3.40. The van der Waals surface area contributed by atoms with E-state index in [1.807, 2.05) is 6.92 Å². The van der Waals surface area contributed by atoms with E-state index in [1.165, 1.54) is 12.1 Å². The van der Waals surface area contributed by atoms with Gasteiger partial charge < -0.3 is 5.32 Å². The molecule has 2 N–H and O–H groups in total. The first kappa shape index (κ1) is 15.0. The fraction of sp³-hybridized carbons (Fsp3) is 0.250. The van der Waals surface area contributed by atoms with Gasteiger partial charge in [-0.3, -0.25) is 20.0 Å². The Kier molecular flexibility index (Phi) is 4.88. The molecule has 0 radical (unpaired) electrons. The molecule has 0 saturated carbocycles. The summed E-state index contributed by atoms with van der Waals surface area (Å²) < 4.78 is 0. The van der Waals surface area contributed by atoms with Crippen LogP contribution in [0.4, 0.5) is 11.4 Å². The number of rotatable bonds is 6. The van der Waals surface area contributed by atoms with Gasteiger partial charge in [-0.1, -0.05) is 30.8 Å². The van der Waals surface area contributed by atoms with Crippen LogP contribution in [0.15, 0.2) is 29.4 Å². The molecule has 0 fully saturated rings. The number of benzene rings is 1. The molecule has 8 nitrogen and oxygen atoms in total. The average molecular weight is 307 g/mol. The van der Waals surface area contributed by atoms with Gasteiger partial charge in [0.2, 0.25) is 11.1 Å². The highest BCUT2D eigenvalue weighted by atomic mass is 32.2. The van der Waals surface area contributed by atoms with E-state index in [9.17, 15) is 14.9 Å². The summed E-state index contributed by atoms with van der Waals surface area (Å²) in [5.41, 5.74) is 0.0411. The molecule has 2 rings (SSSR count). The van der Waals surface area contributed by atoms with E-state index in [0.717, 1.165) is 24.0 Å². The normalized spacial score (nSPS) is 10.3. The van der Waals surface area contributed by atoms with Crippen LogP contribution in [0.1, 0.15) is 12.7 Å². The van der Waals surface area contributed by atoms with E-state index >= 15 is 0 Å². The molecule has 0 aliphatic heterocycles. The number of thioether (sulfide) groups is 1. The first-order valence-corrected chi connectivity index (χ1v) is 7.16. The van der Waals surface area contributed by atoms with Crippen molar-refractivity contribution in [1.29, 1.82) is 0 Å². The molecule has 0 bridgehead atoms. The highest BCUT2D eigenvalue weighted by molar-refractivity contribution is 7.99. The van der Waals surface area contributed by atoms with Crippen LogP contribution in [0.3, 0.4) is 0 Å². The van der Waals surface area contributed by atoms with Gasteiger partial charge in [0.05, 0.1) is 10.7 Å². The lowest BCUT2D eigenvalue weighted by molar-refractivity contribution is -0.383. The van der Waals surface area contributed by atoms with Gasteiger partial charge in [-0.15, -0.1) is 5.10 Å². The van der Waals surface area contributed by atoms with E-state index in [1.54, 1.807) is 12.1 Å². The van der Waals surface area contributed by atoms with Crippen molar-refractivity contribution < 1.29 is 9.72 Å². The minimum atomic E-state index is -0.536. The van der Waals surface area contributed by atoms with E-state index < -0.39 is 4.92 Å². The molecule has 0 aliphatic carbocycles. The monoisotopic (exact) mass is 307 g/mol. The minimum absolute atomic E-state index is 0.0764. The highest BCUT2D eigenvalue weighted by Gasteiger charge is 2.15. The van der Waals surface area contributed by atoms with Crippen LogP contribution in [0.25, 0.3) is 0 Å². The fourth-order valence-electron chi connectivity index (χ4n) is 1.56. The van der Waals surface area contributed by atoms with Crippen molar-refractivity contribution in [2.24, 2.45) is 0 Å². The van der Waals surface area contributed by atoms with Crippen LogP contribution >= 0.6 is 11.8 Å². The second-order valence-electron chi connectivity index (χ2n) is 4.03. The summed E-state index contributed by atoms with van der Waals surface area (Å²) in [6, 6.07) is 6.00. The standard InChI is InChI=1S/C12H13N5O3S/c1-2-10-14-12(16-15-10)21-7-11(18)13-8-5-3-4-6-9(8)17(19)20/h3-6H,2,7H2,1H3,(H,13,18)(H,14,15,16). The predicted octanol–water partition coefficient (Wildman–Crippen LogP) is 2.01. The molecular formula is C12H13N5O3S. The molecule has 1 amide bonds. The van der Waals surface area contributed by atoms with Crippen LogP contribution < -0.4 is 5.32 Å². The lowest BCUT2D eigenvalue weighted by Gasteiger charge is -2.04. The topological polar surface area (TPSA) is 114 Å². The SMILES string of the molecule is CCc1nc(SCC(=O)Nc2ccccc2[N+](=O)[O-])n[nH]1. The molecule has 110 valence electrons. The number of para-hydroxylation sites is 2. The number of aromatic nitrogens is 3. The number of hydrogen-bond donors (Lipinski definition) is 2. The number of nitrogens with zero attached hydrogens (tertiary/aromatic N) is 3. The van der Waals surface area contributed by atoms with Gasteiger partial charge in [0.25, 0.3) is 5.69 Å². The van der Waals surface area contributed by atoms with Gasteiger partial charge in [-0.25, -0.2) is 4.98 Å². The lowest BCUT2D eigenvalue weighted by atomic mass is 10.2. The lowest BCUT2D eigenvalue weighted by Crippen LogP contribution is -2.15. The Morgan fingerprint density at radius 3 is 2.90 bits per heavy atom. The first-order valence-electron chi connectivity index (χ1n) is 6.17. The Morgan fingerprint density at radius 1 is 1.48 bits per heavy atom. The maximum Gasteiger partial charge on any atom is 0.292 e. The van der Waals surface area contributed by atoms with Crippen molar-refractivity contribution >= 4 is 29.0 Å². The summed E-state index contributed by atoms with van der Waals surface area (Å²) in [6.45, 7) is 1.94. The smallest absolute Gasteiger partial charge is 0.292 e. The van der Waals surface area contributed by atoms with E-state index in [2.05, 4.69) is 20.5 Å². The number of anilines is 1. The zero-order valence-electron chi connectivity index (χ0n) is 11.2. The van der Waals surface area contributed by atoms with Crippen LogP contribution in [0, 0.1) is 10.1 Å². The zero-order valence-corrected chi connectivity index (χ0v) is 12.0. The van der Waals surface area contributed by atoms with Crippen molar-refractivity contribution in [1.82, 2.24) is 15.2 Å². The zero-order chi connectivity index (χ0) is 15.2. The molecule has 0 spiro atoms. The summed E-state index contributed by atoms with van der Waals surface area (Å²) in [5.74, 6) is 0.473. The van der Waals surface area contributed by atoms with Gasteiger partial charge in [-0.05, 0) is 6.07 Å². The van der Waals surface area contributed by atoms with Crippen molar-refractivity contribution in [2.75, 3.05) is 11.1 Å². The third-order valence-electron chi connectivity index (χ3n) is 2.55. The maximum absolute atomic E-state index is 11.8. The summed E-state index contributed by atoms with van der Waals surface area (Å²) >= 11 is 1.16. The second-order valence-corrected chi connectivity index (χ2v) is 4.97. The summed E-state index contributed by atoms with van der Waals surface area (Å²) in [6.07, 6.45) is 0.732. The average Bonchev–Trinajstić information content (AvgIpc) is 2.93. The number of aromatic amines is 1. The number of hydrogen-bond acceptors (Lipinski definition) is 6. The van der Waals surface area contributed by atoms with Gasteiger partial charge in [0, 0.05) is 12.5 Å². The second kappa shape index (κ2) is 6.84. The summed E-state index contributed by atoms with van der Waals surface area (Å²) in [4.78, 5) is 26.3. The number of nitrogens with one attached hydrogen (secondary N) is 2. The Balaban J connectivity index is 1.94. The maximum atomic E-state index is 11.8. The molecule has 21 heavy (non-hydrogen) atoms. The largest absolute Gasteiger partial charge is 0.320 e. The number of nitro groups is 1. The molecule has 1 aromatic heterocycles. The molecule has 1 heterocycles. The van der Waals surface area contributed by atoms with Gasteiger partial charge in [0.15, 0.2) is 0 Å². The number of amides is 1. The minimum Gasteiger partial charge on any atom is -0.320 e. The molecule has 2 aromatic rings. The molecular weight excluding hydrogens is 294 g/mol. The Hall–Kier alpha value is -2.42. The van der Waals surface area contributed by atoms with E-state index in [-0.39, 0.29) is 23.0 Å². The first-order chi connectivity index (χ1) is 10.1. The van der Waals surface area contributed by atoms with E-state index in [0.29, 0.717) is 5.16 Å². The van der Waals surface area contributed by atoms with E-state index in [4.69, 9.17) is 0 Å². The van der Waals surface area contributed by atoms with Crippen molar-refractivity contribution in [3.63, 3.8) is 0 Å². The van der Waals surface area contributed by atoms with Crippen molar-refractivity contribution in [2.45, 2.75) is 18.5 Å². The molecule has 1 aromatic carbocycles. The molecule has 0 saturated heterocycles. The van der Waals surface area contributed by atoms with Crippen molar-refractivity contribution in [3.05, 3.63) is 40.2 Å². The Morgan fingerprint density at radius 2 is 2.24 bits per heavy atom. The molecule has 9 heteroatoms. The van der Waals surface area contributed by atoms with Crippen LogP contribution in [0.2, 0.25) is 0 Å². The van der Waals surface area contributed by atoms with Gasteiger partial charge >= 0.3 is 0 Å². The fourth-order valence-corrected chi connectivity index (χ4v) is 2.17. The summed E-state index contributed by atoms with van der Waals surface area (Å²) in [7, 11) is 0. The molecule has 0 aliphatic rings. The number of H-pyrrole nitrogens is 1. The number of carbonyl (C=O) groups excluding carboxylic acids is 1. The Bertz CT molecular complexity index is 658. The quantitative estimate of drug-likeness (QED) is 0.479. The predicted molar refractivity (Wildman–Crippen MR) is 78.2 cm³/mol. The number of nitro benzene ring substituents is 1. The molecule has 0 atom stereocenters. The van der Waals surface area contributed by atoms with Crippen LogP contribution in [-0.2, 0) is 11.2 Å². The van der Waals surface area contributed by atoms with Crippen LogP contribution in [-0.4, -0.2) is 31.8 Å². The highest BCUT2D eigenvalue weighted by Crippen LogP contribution is 2.23. The number of aryl methyl sites for hydroxylation is 1. The molecule has 0 unspecified atom stereocenters.